The van der Waals surface area contributed by atoms with E-state index < -0.39 is 11.7 Å². The van der Waals surface area contributed by atoms with Gasteiger partial charge in [-0.15, -0.1) is 0 Å². The van der Waals surface area contributed by atoms with E-state index in [1.165, 1.54) is 0 Å². The summed E-state index contributed by atoms with van der Waals surface area (Å²) in [7, 11) is 0. The molecule has 2 nitrogen and oxygen atoms in total. The van der Waals surface area contributed by atoms with Gasteiger partial charge in [0.2, 0.25) is 0 Å². The van der Waals surface area contributed by atoms with E-state index in [-0.39, 0.29) is 17.9 Å². The Morgan fingerprint density at radius 1 is 1.29 bits per heavy atom. The Labute approximate surface area is 98.0 Å². The van der Waals surface area contributed by atoms with Crippen molar-refractivity contribution < 1.29 is 23.0 Å². The van der Waals surface area contributed by atoms with Crippen LogP contribution >= 0.6 is 0 Å². The van der Waals surface area contributed by atoms with Crippen LogP contribution < -0.4 is 0 Å². The maximum absolute atomic E-state index is 12.4. The van der Waals surface area contributed by atoms with Crippen LogP contribution in [0.5, 0.6) is 5.75 Å². The molecule has 0 bridgehead atoms. The molecule has 0 heterocycles. The van der Waals surface area contributed by atoms with Gasteiger partial charge in [0.15, 0.2) is 0 Å². The summed E-state index contributed by atoms with van der Waals surface area (Å²) in [5.74, 6) is -0.172. The molecular formula is C12H15F3O2. The number of aromatic hydroxyl groups is 1. The third-order valence-electron chi connectivity index (χ3n) is 2.31. The number of halogens is 3. The SMILES string of the molecule is CCCCOCc1cc(C(F)(F)F)ccc1O. The van der Waals surface area contributed by atoms with Gasteiger partial charge in [-0.25, -0.2) is 0 Å². The van der Waals surface area contributed by atoms with Crippen molar-refractivity contribution in [1.82, 2.24) is 0 Å². The third kappa shape index (κ3) is 4.26. The number of alkyl halides is 3. The summed E-state index contributed by atoms with van der Waals surface area (Å²) in [5.41, 5.74) is -0.611. The van der Waals surface area contributed by atoms with Crippen LogP contribution in [0.1, 0.15) is 30.9 Å². The molecular weight excluding hydrogens is 233 g/mol. The normalized spacial score (nSPS) is 11.8. The lowest BCUT2D eigenvalue weighted by Crippen LogP contribution is -2.06. The molecule has 1 N–H and O–H groups in total. The minimum absolute atomic E-state index is 0.00421. The standard InChI is InChI=1S/C12H15F3O2/c1-2-3-6-17-8-9-7-10(12(13,14)15)4-5-11(9)16/h4-5,7,16H,2-3,6,8H2,1H3. The summed E-state index contributed by atoms with van der Waals surface area (Å²) in [6.45, 7) is 2.47. The fourth-order valence-electron chi connectivity index (χ4n) is 1.31. The quantitative estimate of drug-likeness (QED) is 0.804. The van der Waals surface area contributed by atoms with Crippen LogP contribution in [0.2, 0.25) is 0 Å². The first-order valence-corrected chi connectivity index (χ1v) is 5.42. The van der Waals surface area contributed by atoms with E-state index in [4.69, 9.17) is 4.74 Å². The van der Waals surface area contributed by atoms with Crippen molar-refractivity contribution in [3.63, 3.8) is 0 Å². The summed E-state index contributed by atoms with van der Waals surface area (Å²) in [6.07, 6.45) is -2.60. The van der Waals surface area contributed by atoms with Crippen LogP contribution in [-0.4, -0.2) is 11.7 Å². The predicted octanol–water partition coefficient (Wildman–Crippen LogP) is 3.73. The highest BCUT2D eigenvalue weighted by molar-refractivity contribution is 5.36. The molecule has 0 atom stereocenters. The highest BCUT2D eigenvalue weighted by Gasteiger charge is 2.30. The molecule has 0 spiro atoms. The number of ether oxygens (including phenoxy) is 1. The van der Waals surface area contributed by atoms with E-state index in [0.717, 1.165) is 31.0 Å². The third-order valence-corrected chi connectivity index (χ3v) is 2.31. The van der Waals surface area contributed by atoms with E-state index in [0.29, 0.717) is 6.61 Å². The average molecular weight is 248 g/mol. The summed E-state index contributed by atoms with van der Waals surface area (Å²) in [4.78, 5) is 0. The van der Waals surface area contributed by atoms with Crippen LogP contribution in [-0.2, 0) is 17.5 Å². The first kappa shape index (κ1) is 13.8. The lowest BCUT2D eigenvalue weighted by molar-refractivity contribution is -0.137. The van der Waals surface area contributed by atoms with Crippen molar-refractivity contribution in [2.75, 3.05) is 6.61 Å². The fraction of sp³-hybridized carbons (Fsp3) is 0.500. The summed E-state index contributed by atoms with van der Waals surface area (Å²) in [5, 5.41) is 9.41. The second-order valence-electron chi connectivity index (χ2n) is 3.75. The summed E-state index contributed by atoms with van der Waals surface area (Å²) in [6, 6.07) is 2.81. The maximum Gasteiger partial charge on any atom is 0.416 e. The van der Waals surface area contributed by atoms with Gasteiger partial charge < -0.3 is 9.84 Å². The molecule has 0 radical (unpaired) electrons. The molecule has 0 aliphatic carbocycles. The van der Waals surface area contributed by atoms with E-state index in [9.17, 15) is 18.3 Å². The Morgan fingerprint density at radius 3 is 2.59 bits per heavy atom. The van der Waals surface area contributed by atoms with Gasteiger partial charge in [-0.3, -0.25) is 0 Å². The first-order valence-electron chi connectivity index (χ1n) is 5.42. The zero-order chi connectivity index (χ0) is 12.9. The second-order valence-corrected chi connectivity index (χ2v) is 3.75. The fourth-order valence-corrected chi connectivity index (χ4v) is 1.31. The minimum Gasteiger partial charge on any atom is -0.508 e. The molecule has 0 aliphatic heterocycles. The Bertz CT molecular complexity index is 361. The first-order chi connectivity index (χ1) is 7.95. The van der Waals surface area contributed by atoms with Crippen LogP contribution in [0.4, 0.5) is 13.2 Å². The Morgan fingerprint density at radius 2 is 2.00 bits per heavy atom. The monoisotopic (exact) mass is 248 g/mol. The predicted molar refractivity (Wildman–Crippen MR) is 57.7 cm³/mol. The average Bonchev–Trinajstić information content (AvgIpc) is 2.25. The molecule has 17 heavy (non-hydrogen) atoms. The number of phenolic OH excluding ortho intramolecular Hbond substituents is 1. The molecule has 0 fully saturated rings. The van der Waals surface area contributed by atoms with Gasteiger partial charge in [-0.2, -0.15) is 13.2 Å². The van der Waals surface area contributed by atoms with Crippen molar-refractivity contribution in [3.8, 4) is 5.75 Å². The molecule has 0 saturated heterocycles. The number of rotatable bonds is 5. The van der Waals surface area contributed by atoms with Crippen molar-refractivity contribution >= 4 is 0 Å². The smallest absolute Gasteiger partial charge is 0.416 e. The van der Waals surface area contributed by atoms with E-state index >= 15 is 0 Å². The lowest BCUT2D eigenvalue weighted by Gasteiger charge is -2.10. The van der Waals surface area contributed by atoms with Gasteiger partial charge in [0.05, 0.1) is 12.2 Å². The Kier molecular flexibility index (Phi) is 4.81. The molecule has 0 aromatic heterocycles. The number of unbranched alkanes of at least 4 members (excludes halogenated alkanes) is 1. The van der Waals surface area contributed by atoms with E-state index in [2.05, 4.69) is 0 Å². The van der Waals surface area contributed by atoms with Gasteiger partial charge >= 0.3 is 6.18 Å². The van der Waals surface area contributed by atoms with Gasteiger partial charge in [-0.1, -0.05) is 13.3 Å². The molecule has 1 rings (SSSR count). The molecule has 96 valence electrons. The van der Waals surface area contributed by atoms with Gasteiger partial charge in [0.25, 0.3) is 0 Å². The molecule has 1 aromatic carbocycles. The number of phenols is 1. The number of hydrogen-bond acceptors (Lipinski definition) is 2. The van der Waals surface area contributed by atoms with Crippen LogP contribution in [0.3, 0.4) is 0 Å². The van der Waals surface area contributed by atoms with Crippen molar-refractivity contribution in [2.24, 2.45) is 0 Å². The van der Waals surface area contributed by atoms with E-state index in [1.807, 2.05) is 6.92 Å². The molecule has 0 saturated carbocycles. The number of benzene rings is 1. The molecule has 5 heteroatoms. The highest BCUT2D eigenvalue weighted by Crippen LogP contribution is 2.32. The lowest BCUT2D eigenvalue weighted by atomic mass is 10.1. The van der Waals surface area contributed by atoms with Crippen molar-refractivity contribution in [2.45, 2.75) is 32.5 Å². The summed E-state index contributed by atoms with van der Waals surface area (Å²) >= 11 is 0. The zero-order valence-corrected chi connectivity index (χ0v) is 9.55. The van der Waals surface area contributed by atoms with Crippen LogP contribution in [0, 0.1) is 0 Å². The van der Waals surface area contributed by atoms with Crippen molar-refractivity contribution in [3.05, 3.63) is 29.3 Å². The second kappa shape index (κ2) is 5.91. The van der Waals surface area contributed by atoms with Crippen molar-refractivity contribution in [1.29, 1.82) is 0 Å². The summed E-state index contributed by atoms with van der Waals surface area (Å²) < 4.78 is 42.4. The van der Waals surface area contributed by atoms with E-state index in [1.54, 1.807) is 0 Å². The topological polar surface area (TPSA) is 29.5 Å². The van der Waals surface area contributed by atoms with Gasteiger partial charge in [0.1, 0.15) is 5.75 Å². The maximum atomic E-state index is 12.4. The minimum atomic E-state index is -4.40. The zero-order valence-electron chi connectivity index (χ0n) is 9.55. The molecule has 0 amide bonds. The van der Waals surface area contributed by atoms with Gasteiger partial charge in [-0.05, 0) is 24.6 Å². The molecule has 1 aromatic rings. The van der Waals surface area contributed by atoms with Gasteiger partial charge in [0, 0.05) is 12.2 Å². The number of hydrogen-bond donors (Lipinski definition) is 1. The largest absolute Gasteiger partial charge is 0.508 e. The Hall–Kier alpha value is -1.23. The van der Waals surface area contributed by atoms with Crippen LogP contribution in [0.15, 0.2) is 18.2 Å². The molecule has 0 aliphatic rings. The Balaban J connectivity index is 2.70. The van der Waals surface area contributed by atoms with Crippen LogP contribution in [0.25, 0.3) is 0 Å². The highest BCUT2D eigenvalue weighted by atomic mass is 19.4. The molecule has 0 unspecified atom stereocenters.